The monoisotopic (exact) mass is 338 g/mol. The molecule has 0 unspecified atom stereocenters. The van der Waals surface area contributed by atoms with Gasteiger partial charge in [0.2, 0.25) is 5.91 Å². The van der Waals surface area contributed by atoms with E-state index in [-0.39, 0.29) is 11.9 Å². The molecule has 0 aliphatic heterocycles. The lowest BCUT2D eigenvalue weighted by Crippen LogP contribution is -2.44. The van der Waals surface area contributed by atoms with E-state index in [1.54, 1.807) is 13.3 Å². The first-order valence-corrected chi connectivity index (χ1v) is 8.91. The van der Waals surface area contributed by atoms with Gasteiger partial charge in [0.25, 0.3) is 0 Å². The third-order valence-electron chi connectivity index (χ3n) is 5.53. The average molecular weight is 338 g/mol. The Hall–Kier alpha value is -2.36. The number of rotatable bonds is 5. The number of carbonyl (C=O) groups excluding carboxylic acids is 1. The van der Waals surface area contributed by atoms with E-state index in [4.69, 9.17) is 4.74 Å². The van der Waals surface area contributed by atoms with E-state index in [1.165, 1.54) is 0 Å². The van der Waals surface area contributed by atoms with Crippen LogP contribution in [0.1, 0.15) is 49.9 Å². The number of carbonyl (C=O) groups is 1. The van der Waals surface area contributed by atoms with Gasteiger partial charge in [-0.2, -0.15) is 0 Å². The molecule has 1 heterocycles. The summed E-state index contributed by atoms with van der Waals surface area (Å²) in [5.41, 5.74) is 1.58. The predicted octanol–water partition coefficient (Wildman–Crippen LogP) is 4.12. The van der Waals surface area contributed by atoms with Gasteiger partial charge >= 0.3 is 0 Å². The second-order valence-electron chi connectivity index (χ2n) is 6.86. The van der Waals surface area contributed by atoms with Gasteiger partial charge in [-0.1, -0.05) is 31.0 Å². The van der Waals surface area contributed by atoms with Gasteiger partial charge in [-0.15, -0.1) is 0 Å². The van der Waals surface area contributed by atoms with Crippen LogP contribution in [0.3, 0.4) is 0 Å². The van der Waals surface area contributed by atoms with Crippen molar-refractivity contribution in [1.29, 1.82) is 0 Å². The molecule has 25 heavy (non-hydrogen) atoms. The summed E-state index contributed by atoms with van der Waals surface area (Å²) >= 11 is 0. The second-order valence-corrected chi connectivity index (χ2v) is 6.86. The smallest absolute Gasteiger partial charge is 0.233 e. The van der Waals surface area contributed by atoms with E-state index in [1.807, 2.05) is 61.3 Å². The van der Waals surface area contributed by atoms with Gasteiger partial charge < -0.3 is 9.64 Å². The molecular weight excluding hydrogens is 312 g/mol. The summed E-state index contributed by atoms with van der Waals surface area (Å²) in [5, 5.41) is 0. The van der Waals surface area contributed by atoms with Gasteiger partial charge in [0, 0.05) is 13.2 Å². The van der Waals surface area contributed by atoms with Crippen LogP contribution >= 0.6 is 0 Å². The fourth-order valence-electron chi connectivity index (χ4n) is 3.85. The molecule has 0 radical (unpaired) electrons. The number of amides is 1. The zero-order valence-corrected chi connectivity index (χ0v) is 15.2. The lowest BCUT2D eigenvalue weighted by Gasteiger charge is -2.35. The molecule has 1 aromatic heterocycles. The van der Waals surface area contributed by atoms with Gasteiger partial charge in [0.15, 0.2) is 0 Å². The van der Waals surface area contributed by atoms with Crippen LogP contribution in [0.25, 0.3) is 0 Å². The third-order valence-corrected chi connectivity index (χ3v) is 5.53. The first kappa shape index (κ1) is 17.5. The van der Waals surface area contributed by atoms with E-state index in [9.17, 15) is 4.79 Å². The number of hydrogen-bond donors (Lipinski definition) is 0. The summed E-state index contributed by atoms with van der Waals surface area (Å²) in [4.78, 5) is 19.8. The summed E-state index contributed by atoms with van der Waals surface area (Å²) < 4.78 is 5.27. The highest BCUT2D eigenvalue weighted by Gasteiger charge is 2.45. The molecule has 2 aromatic rings. The molecule has 1 aromatic carbocycles. The summed E-state index contributed by atoms with van der Waals surface area (Å²) in [6, 6.07) is 13.8. The fourth-order valence-corrected chi connectivity index (χ4v) is 3.85. The minimum Gasteiger partial charge on any atom is -0.497 e. The van der Waals surface area contributed by atoms with Crippen LogP contribution in [-0.4, -0.2) is 29.9 Å². The second kappa shape index (κ2) is 7.26. The maximum atomic E-state index is 13.5. The average Bonchev–Trinajstić information content (AvgIpc) is 3.18. The van der Waals surface area contributed by atoms with E-state index >= 15 is 0 Å². The summed E-state index contributed by atoms with van der Waals surface area (Å²) in [7, 11) is 3.55. The molecule has 3 rings (SSSR count). The molecular formula is C21H26N2O2. The van der Waals surface area contributed by atoms with Gasteiger partial charge in [0.05, 0.1) is 24.3 Å². The molecule has 4 heteroatoms. The third kappa shape index (κ3) is 3.26. The first-order chi connectivity index (χ1) is 12.1. The lowest BCUT2D eigenvalue weighted by atomic mass is 9.77. The number of methoxy groups -OCH3 is 1. The van der Waals surface area contributed by atoms with E-state index in [0.29, 0.717) is 0 Å². The van der Waals surface area contributed by atoms with Gasteiger partial charge in [-0.25, -0.2) is 0 Å². The molecule has 0 spiro atoms. The molecule has 1 aliphatic rings. The SMILES string of the molecule is COc1ccc(C2(C(=O)N(C)[C@@H](C)c3ccccn3)CCCC2)cc1. The maximum absolute atomic E-state index is 13.5. The van der Waals surface area contributed by atoms with Crippen LogP contribution < -0.4 is 4.74 Å². The highest BCUT2D eigenvalue weighted by Crippen LogP contribution is 2.43. The van der Waals surface area contributed by atoms with E-state index in [0.717, 1.165) is 42.7 Å². The predicted molar refractivity (Wildman–Crippen MR) is 98.6 cm³/mol. The molecule has 1 fully saturated rings. The van der Waals surface area contributed by atoms with Crippen LogP contribution in [-0.2, 0) is 10.2 Å². The van der Waals surface area contributed by atoms with Crippen molar-refractivity contribution in [2.45, 2.75) is 44.1 Å². The number of pyridine rings is 1. The van der Waals surface area contributed by atoms with E-state index < -0.39 is 5.41 Å². The van der Waals surface area contributed by atoms with Crippen molar-refractivity contribution in [2.75, 3.05) is 14.2 Å². The molecule has 1 amide bonds. The quantitative estimate of drug-likeness (QED) is 0.823. The van der Waals surface area contributed by atoms with Gasteiger partial charge in [-0.05, 0) is 49.6 Å². The lowest BCUT2D eigenvalue weighted by molar-refractivity contribution is -0.138. The molecule has 4 nitrogen and oxygen atoms in total. The zero-order chi connectivity index (χ0) is 17.9. The largest absolute Gasteiger partial charge is 0.497 e. The van der Waals surface area contributed by atoms with Crippen LogP contribution in [0, 0.1) is 0 Å². The fraction of sp³-hybridized carbons (Fsp3) is 0.429. The summed E-state index contributed by atoms with van der Waals surface area (Å²) in [6.07, 6.45) is 5.75. The van der Waals surface area contributed by atoms with Crippen LogP contribution in [0.5, 0.6) is 5.75 Å². The van der Waals surface area contributed by atoms with Crippen molar-refractivity contribution in [3.63, 3.8) is 0 Å². The van der Waals surface area contributed by atoms with Crippen molar-refractivity contribution >= 4 is 5.91 Å². The Bertz CT molecular complexity index is 706. The molecule has 1 atom stereocenters. The number of aromatic nitrogens is 1. The standard InChI is InChI=1S/C21H26N2O2/c1-16(19-8-4-7-15-22-19)23(2)20(24)21(13-5-6-14-21)17-9-11-18(25-3)12-10-17/h4,7-12,15-16H,5-6,13-14H2,1-3H3/t16-/m0/s1. The maximum Gasteiger partial charge on any atom is 0.233 e. The van der Waals surface area contributed by atoms with E-state index in [2.05, 4.69) is 4.98 Å². The Balaban J connectivity index is 1.90. The molecule has 1 saturated carbocycles. The number of benzene rings is 1. The summed E-state index contributed by atoms with van der Waals surface area (Å²) in [5.74, 6) is 1.01. The van der Waals surface area contributed by atoms with Crippen molar-refractivity contribution in [3.05, 3.63) is 59.9 Å². The Morgan fingerprint density at radius 2 is 1.84 bits per heavy atom. The van der Waals surface area contributed by atoms with Crippen molar-refractivity contribution in [2.24, 2.45) is 0 Å². The minimum absolute atomic E-state index is 0.0515. The Morgan fingerprint density at radius 3 is 2.40 bits per heavy atom. The molecule has 1 aliphatic carbocycles. The number of likely N-dealkylation sites (N-methyl/N-ethyl adjacent to an activating group) is 1. The van der Waals surface area contributed by atoms with Crippen molar-refractivity contribution in [1.82, 2.24) is 9.88 Å². The van der Waals surface area contributed by atoms with Crippen LogP contribution in [0.15, 0.2) is 48.7 Å². The molecule has 0 saturated heterocycles. The number of ether oxygens (including phenoxy) is 1. The Labute approximate surface area is 149 Å². The Morgan fingerprint density at radius 1 is 1.16 bits per heavy atom. The highest BCUT2D eigenvalue weighted by atomic mass is 16.5. The first-order valence-electron chi connectivity index (χ1n) is 8.91. The summed E-state index contributed by atoms with van der Waals surface area (Å²) in [6.45, 7) is 2.04. The zero-order valence-electron chi connectivity index (χ0n) is 15.2. The van der Waals surface area contributed by atoms with Crippen LogP contribution in [0.4, 0.5) is 0 Å². The molecule has 0 bridgehead atoms. The van der Waals surface area contributed by atoms with Gasteiger partial charge in [-0.3, -0.25) is 9.78 Å². The molecule has 0 N–H and O–H groups in total. The van der Waals surface area contributed by atoms with Gasteiger partial charge in [0.1, 0.15) is 5.75 Å². The normalized spacial score (nSPS) is 17.1. The van der Waals surface area contributed by atoms with Crippen LogP contribution in [0.2, 0.25) is 0 Å². The topological polar surface area (TPSA) is 42.4 Å². The van der Waals surface area contributed by atoms with Crippen molar-refractivity contribution < 1.29 is 9.53 Å². The Kier molecular flexibility index (Phi) is 5.07. The number of nitrogens with zero attached hydrogens (tertiary/aromatic N) is 2. The number of hydrogen-bond acceptors (Lipinski definition) is 3. The van der Waals surface area contributed by atoms with Crippen molar-refractivity contribution in [3.8, 4) is 5.75 Å². The minimum atomic E-state index is -0.427. The highest BCUT2D eigenvalue weighted by molar-refractivity contribution is 5.88. The molecule has 132 valence electrons.